The summed E-state index contributed by atoms with van der Waals surface area (Å²) in [4.78, 5) is 31.0. The van der Waals surface area contributed by atoms with Crippen molar-refractivity contribution >= 4 is 11.8 Å². The molecule has 11 nitrogen and oxygen atoms in total. The van der Waals surface area contributed by atoms with Gasteiger partial charge in [-0.3, -0.25) is 14.7 Å². The summed E-state index contributed by atoms with van der Waals surface area (Å²) in [6, 6.07) is 24.2. The summed E-state index contributed by atoms with van der Waals surface area (Å²) in [6.45, 7) is 8.94. The predicted octanol–water partition coefficient (Wildman–Crippen LogP) is 6.26. The van der Waals surface area contributed by atoms with Crippen LogP contribution in [0.1, 0.15) is 55.6 Å². The minimum absolute atomic E-state index is 0.146. The van der Waals surface area contributed by atoms with Crippen LogP contribution in [-0.2, 0) is 31.5 Å². The maximum Gasteiger partial charge on any atom is 0.320 e. The Morgan fingerprint density at radius 3 is 2.31 bits per heavy atom. The number of carbonyl (C=O) groups excluding carboxylic acids is 1. The molecule has 0 aliphatic heterocycles. The summed E-state index contributed by atoms with van der Waals surface area (Å²) in [5.41, 5.74) is 4.41. The molecule has 0 fully saturated rings. The van der Waals surface area contributed by atoms with E-state index < -0.39 is 0 Å². The van der Waals surface area contributed by atoms with Crippen LogP contribution in [0.15, 0.2) is 90.0 Å². The van der Waals surface area contributed by atoms with E-state index in [1.54, 1.807) is 23.5 Å². The second-order valence-corrected chi connectivity index (χ2v) is 12.3. The fraction of sp³-hybridized carbons (Fsp3) is 0.297. The first-order chi connectivity index (χ1) is 23.1. The lowest BCUT2D eigenvalue weighted by Gasteiger charge is -2.15. The Kier molecular flexibility index (Phi) is 10.5. The number of rotatable bonds is 12. The molecule has 0 radical (unpaired) electrons. The first-order valence-corrected chi connectivity index (χ1v) is 15.8. The van der Waals surface area contributed by atoms with Gasteiger partial charge in [-0.15, -0.1) is 0 Å². The fourth-order valence-electron chi connectivity index (χ4n) is 5.11. The smallest absolute Gasteiger partial charge is 0.320 e. The molecule has 11 heteroatoms. The maximum absolute atomic E-state index is 13.3. The van der Waals surface area contributed by atoms with Crippen LogP contribution in [0, 0.1) is 0 Å². The Morgan fingerprint density at radius 2 is 1.62 bits per heavy atom. The quantitative estimate of drug-likeness (QED) is 0.164. The molecule has 0 unspecified atom stereocenters. The molecule has 2 N–H and O–H groups in total. The molecule has 0 spiro atoms. The number of amides is 2. The number of ether oxygens (including phenoxy) is 3. The lowest BCUT2D eigenvalue weighted by molar-refractivity contribution is 0.251. The van der Waals surface area contributed by atoms with E-state index in [0.29, 0.717) is 36.0 Å². The van der Waals surface area contributed by atoms with E-state index in [9.17, 15) is 9.59 Å². The van der Waals surface area contributed by atoms with Crippen molar-refractivity contribution in [2.24, 2.45) is 0 Å². The Balaban J connectivity index is 1.26. The molecule has 0 saturated heterocycles. The van der Waals surface area contributed by atoms with Gasteiger partial charge in [0.15, 0.2) is 0 Å². The van der Waals surface area contributed by atoms with E-state index in [-0.39, 0.29) is 30.2 Å². The van der Waals surface area contributed by atoms with Crippen molar-refractivity contribution in [3.8, 4) is 23.1 Å². The van der Waals surface area contributed by atoms with Gasteiger partial charge in [0.05, 0.1) is 37.7 Å². The van der Waals surface area contributed by atoms with Crippen LogP contribution in [-0.4, -0.2) is 39.6 Å². The van der Waals surface area contributed by atoms with Gasteiger partial charge in [-0.05, 0) is 47.4 Å². The fourth-order valence-corrected chi connectivity index (χ4v) is 5.11. The zero-order chi connectivity index (χ0) is 34.3. The largest absolute Gasteiger partial charge is 0.497 e. The Bertz CT molecular complexity index is 1920. The minimum Gasteiger partial charge on any atom is -0.497 e. The zero-order valence-electron chi connectivity index (χ0n) is 28.2. The Hall–Kier alpha value is -5.58. The van der Waals surface area contributed by atoms with Gasteiger partial charge < -0.3 is 19.5 Å². The molecular formula is C37H42N6O5. The third-order valence-corrected chi connectivity index (χ3v) is 7.90. The average Bonchev–Trinajstić information content (AvgIpc) is 3.52. The standard InChI is InChI=1S/C37H42N6O5/c1-7-31-34(39-24-42(35(31)44)22-25-15-17-29(46-5)18-16-25)48-23-27-12-9-8-11-26(27)21-38-36(45)40-33-20-32(37(2,3)4)41-43(33)28-13-10-14-30(19-28)47-6/h8-20,24H,7,21-23H2,1-6H3,(H2,38,40,45). The van der Waals surface area contributed by atoms with Crippen molar-refractivity contribution in [3.05, 3.63) is 123 Å². The second-order valence-electron chi connectivity index (χ2n) is 12.3. The van der Waals surface area contributed by atoms with Crippen molar-refractivity contribution < 1.29 is 19.0 Å². The molecule has 5 aromatic rings. The molecule has 3 aromatic carbocycles. The highest BCUT2D eigenvalue weighted by atomic mass is 16.5. The Labute approximate surface area is 280 Å². The summed E-state index contributed by atoms with van der Waals surface area (Å²) in [7, 11) is 3.23. The predicted molar refractivity (Wildman–Crippen MR) is 185 cm³/mol. The van der Waals surface area contributed by atoms with Gasteiger partial charge in [0.2, 0.25) is 5.88 Å². The molecule has 2 heterocycles. The van der Waals surface area contributed by atoms with Gasteiger partial charge >= 0.3 is 6.03 Å². The van der Waals surface area contributed by atoms with Crippen molar-refractivity contribution in [1.82, 2.24) is 24.6 Å². The molecule has 0 saturated carbocycles. The van der Waals surface area contributed by atoms with Gasteiger partial charge in [0, 0.05) is 24.1 Å². The lowest BCUT2D eigenvalue weighted by atomic mass is 9.92. The molecule has 0 aliphatic carbocycles. The maximum atomic E-state index is 13.3. The van der Waals surface area contributed by atoms with Crippen LogP contribution >= 0.6 is 0 Å². The SMILES string of the molecule is CCc1c(OCc2ccccc2CNC(=O)Nc2cc(C(C)(C)C)nn2-c2cccc(OC)c2)ncn(Cc2ccc(OC)cc2)c1=O. The Morgan fingerprint density at radius 1 is 0.896 bits per heavy atom. The van der Waals surface area contributed by atoms with Crippen LogP contribution in [0.2, 0.25) is 0 Å². The van der Waals surface area contributed by atoms with Gasteiger partial charge in [0.25, 0.3) is 5.56 Å². The first kappa shape index (κ1) is 33.8. The van der Waals surface area contributed by atoms with E-state index in [1.807, 2.05) is 85.8 Å². The first-order valence-electron chi connectivity index (χ1n) is 15.8. The highest BCUT2D eigenvalue weighted by molar-refractivity contribution is 5.88. The van der Waals surface area contributed by atoms with Crippen LogP contribution in [0.25, 0.3) is 5.69 Å². The van der Waals surface area contributed by atoms with Gasteiger partial charge in [-0.25, -0.2) is 14.5 Å². The number of hydrogen-bond donors (Lipinski definition) is 2. The molecule has 0 aliphatic rings. The molecular weight excluding hydrogens is 608 g/mol. The lowest BCUT2D eigenvalue weighted by Crippen LogP contribution is -2.29. The average molecular weight is 651 g/mol. The summed E-state index contributed by atoms with van der Waals surface area (Å²) >= 11 is 0. The molecule has 48 heavy (non-hydrogen) atoms. The minimum atomic E-state index is -0.384. The number of nitrogens with one attached hydrogen (secondary N) is 2. The summed E-state index contributed by atoms with van der Waals surface area (Å²) in [6.07, 6.45) is 1.98. The number of nitrogens with zero attached hydrogens (tertiary/aromatic N) is 4. The number of carbonyl (C=O) groups is 1. The van der Waals surface area contributed by atoms with Crippen LogP contribution in [0.5, 0.6) is 17.4 Å². The molecule has 0 bridgehead atoms. The van der Waals surface area contributed by atoms with E-state index in [0.717, 1.165) is 33.8 Å². The molecule has 5 rings (SSSR count). The highest BCUT2D eigenvalue weighted by Gasteiger charge is 2.22. The van der Waals surface area contributed by atoms with Gasteiger partial charge in [-0.1, -0.05) is 70.2 Å². The number of hydrogen-bond acceptors (Lipinski definition) is 7. The van der Waals surface area contributed by atoms with Crippen LogP contribution in [0.3, 0.4) is 0 Å². The van der Waals surface area contributed by atoms with Crippen molar-refractivity contribution in [1.29, 1.82) is 0 Å². The van der Waals surface area contributed by atoms with Crippen molar-refractivity contribution in [3.63, 3.8) is 0 Å². The van der Waals surface area contributed by atoms with E-state index >= 15 is 0 Å². The second kappa shape index (κ2) is 14.9. The zero-order valence-corrected chi connectivity index (χ0v) is 28.2. The van der Waals surface area contributed by atoms with E-state index in [2.05, 4.69) is 36.4 Å². The van der Waals surface area contributed by atoms with E-state index in [4.69, 9.17) is 19.3 Å². The number of anilines is 1. The number of urea groups is 1. The van der Waals surface area contributed by atoms with Crippen LogP contribution in [0.4, 0.5) is 10.6 Å². The topological polar surface area (TPSA) is 122 Å². The van der Waals surface area contributed by atoms with Crippen molar-refractivity contribution in [2.75, 3.05) is 19.5 Å². The summed E-state index contributed by atoms with van der Waals surface area (Å²) in [5.74, 6) is 2.27. The van der Waals surface area contributed by atoms with Crippen LogP contribution < -0.4 is 30.4 Å². The summed E-state index contributed by atoms with van der Waals surface area (Å²) < 4.78 is 20.0. The van der Waals surface area contributed by atoms with Gasteiger partial charge in [0.1, 0.15) is 30.3 Å². The molecule has 250 valence electrons. The molecule has 2 amide bonds. The van der Waals surface area contributed by atoms with Gasteiger partial charge in [-0.2, -0.15) is 5.10 Å². The third-order valence-electron chi connectivity index (χ3n) is 7.90. The third kappa shape index (κ3) is 8.03. The normalized spacial score (nSPS) is 11.2. The number of methoxy groups -OCH3 is 2. The monoisotopic (exact) mass is 650 g/mol. The summed E-state index contributed by atoms with van der Waals surface area (Å²) in [5, 5.41) is 10.7. The number of benzene rings is 3. The van der Waals surface area contributed by atoms with E-state index in [1.165, 1.54) is 6.33 Å². The number of aromatic nitrogens is 4. The van der Waals surface area contributed by atoms with Crippen molar-refractivity contribution in [2.45, 2.75) is 59.2 Å². The molecule has 2 aromatic heterocycles. The highest BCUT2D eigenvalue weighted by Crippen LogP contribution is 2.27. The molecule has 0 atom stereocenters.